The van der Waals surface area contributed by atoms with Gasteiger partial charge in [-0.2, -0.15) is 4.57 Å². The minimum Gasteiger partial charge on any atom is -0.399 e. The lowest BCUT2D eigenvalue weighted by molar-refractivity contribution is -0.655. The Balaban J connectivity index is 2.13. The smallest absolute Gasteiger partial charge is 0.220 e. The third-order valence-corrected chi connectivity index (χ3v) is 6.35. The second-order valence-electron chi connectivity index (χ2n) is 10.7. The van der Waals surface area contributed by atoms with E-state index in [0.29, 0.717) is 0 Å². The molecule has 1 aromatic heterocycles. The number of anilines is 1. The van der Waals surface area contributed by atoms with Crippen LogP contribution in [0.4, 0.5) is 5.69 Å². The number of nitrogen functional groups attached to an aromatic ring is 1. The first-order valence-electron chi connectivity index (χ1n) is 11.3. The Morgan fingerprint density at radius 1 is 0.677 bits per heavy atom. The highest BCUT2D eigenvalue weighted by molar-refractivity contribution is 6.09. The van der Waals surface area contributed by atoms with Gasteiger partial charge < -0.3 is 5.73 Å². The molecule has 0 aliphatic carbocycles. The third kappa shape index (κ3) is 3.80. The summed E-state index contributed by atoms with van der Waals surface area (Å²) >= 11 is 0. The van der Waals surface area contributed by atoms with E-state index in [1.54, 1.807) is 0 Å². The summed E-state index contributed by atoms with van der Waals surface area (Å²) in [7, 11) is 0. The van der Waals surface area contributed by atoms with Crippen LogP contribution in [0.3, 0.4) is 0 Å². The average molecular weight is 412 g/mol. The summed E-state index contributed by atoms with van der Waals surface area (Å²) in [4.78, 5) is 0. The molecular formula is C29H35N2+. The number of nitrogens with zero attached hydrogens (tertiary/aromatic N) is 1. The molecule has 4 rings (SSSR count). The maximum atomic E-state index is 6.22. The normalized spacial score (nSPS) is 12.6. The zero-order valence-corrected chi connectivity index (χ0v) is 20.0. The molecule has 1 heterocycles. The van der Waals surface area contributed by atoms with E-state index >= 15 is 0 Å². The van der Waals surface area contributed by atoms with E-state index in [2.05, 4.69) is 108 Å². The maximum absolute atomic E-state index is 6.22. The Bertz CT molecular complexity index is 1270. The number of pyridine rings is 1. The Labute approximate surface area is 186 Å². The summed E-state index contributed by atoms with van der Waals surface area (Å²) in [5.41, 5.74) is 13.6. The van der Waals surface area contributed by atoms with Gasteiger partial charge in [-0.05, 0) is 59.2 Å². The topological polar surface area (TPSA) is 29.9 Å². The van der Waals surface area contributed by atoms with E-state index in [1.807, 2.05) is 6.07 Å². The first kappa shape index (κ1) is 21.4. The minimum atomic E-state index is 0.0919. The number of benzene rings is 3. The van der Waals surface area contributed by atoms with Crippen LogP contribution in [0.25, 0.3) is 32.9 Å². The number of hydrogen-bond donors (Lipinski definition) is 1. The molecule has 0 spiro atoms. The Morgan fingerprint density at radius 3 is 1.84 bits per heavy atom. The highest BCUT2D eigenvalue weighted by atomic mass is 15.0. The van der Waals surface area contributed by atoms with Gasteiger partial charge in [0.1, 0.15) is 6.54 Å². The predicted octanol–water partition coefficient (Wildman–Crippen LogP) is 7.14. The lowest BCUT2D eigenvalue weighted by Crippen LogP contribution is -2.36. The summed E-state index contributed by atoms with van der Waals surface area (Å²) in [6.07, 6.45) is 0. The highest BCUT2D eigenvalue weighted by Crippen LogP contribution is 2.36. The third-order valence-electron chi connectivity index (χ3n) is 6.35. The summed E-state index contributed by atoms with van der Waals surface area (Å²) in [5.74, 6) is 0. The van der Waals surface area contributed by atoms with Gasteiger partial charge in [0.25, 0.3) is 0 Å². The lowest BCUT2D eigenvalue weighted by atomic mass is 9.84. The number of fused-ring (bicyclic) bond motifs is 3. The van der Waals surface area contributed by atoms with Crippen LogP contribution in [0.15, 0.2) is 60.7 Å². The van der Waals surface area contributed by atoms with Crippen molar-refractivity contribution in [1.82, 2.24) is 0 Å². The lowest BCUT2D eigenvalue weighted by Gasteiger charge is -2.21. The average Bonchev–Trinajstić information content (AvgIpc) is 2.71. The molecule has 0 radical (unpaired) electrons. The van der Waals surface area contributed by atoms with Crippen molar-refractivity contribution >= 4 is 27.4 Å². The van der Waals surface area contributed by atoms with Crippen LogP contribution in [0.1, 0.15) is 59.6 Å². The molecule has 0 bridgehead atoms. The Morgan fingerprint density at radius 2 is 1.26 bits per heavy atom. The van der Waals surface area contributed by atoms with E-state index in [1.165, 1.54) is 44.1 Å². The first-order valence-corrected chi connectivity index (χ1v) is 11.3. The molecule has 0 atom stereocenters. The zero-order valence-electron chi connectivity index (χ0n) is 20.0. The number of aryl methyl sites for hydroxylation is 1. The fraction of sp³-hybridized carbons (Fsp3) is 0.345. The molecule has 0 unspecified atom stereocenters. The molecule has 4 aromatic rings. The maximum Gasteiger partial charge on any atom is 0.220 e. The molecule has 0 saturated carbocycles. The molecule has 3 aromatic carbocycles. The van der Waals surface area contributed by atoms with E-state index in [9.17, 15) is 0 Å². The fourth-order valence-electron chi connectivity index (χ4n) is 4.48. The molecule has 0 fully saturated rings. The molecule has 2 nitrogen and oxygen atoms in total. The Hall–Kier alpha value is -2.87. The number of aromatic nitrogens is 1. The summed E-state index contributed by atoms with van der Waals surface area (Å²) < 4.78 is 2.42. The van der Waals surface area contributed by atoms with Gasteiger partial charge in [0.2, 0.25) is 11.2 Å². The number of hydrogen-bond acceptors (Lipinski definition) is 1. The van der Waals surface area contributed by atoms with Crippen molar-refractivity contribution < 1.29 is 4.57 Å². The van der Waals surface area contributed by atoms with Crippen molar-refractivity contribution in [2.24, 2.45) is 0 Å². The second-order valence-corrected chi connectivity index (χ2v) is 10.7. The van der Waals surface area contributed by atoms with Crippen molar-refractivity contribution in [3.63, 3.8) is 0 Å². The van der Waals surface area contributed by atoms with Gasteiger partial charge in [0, 0.05) is 22.7 Å². The van der Waals surface area contributed by atoms with E-state index in [0.717, 1.165) is 12.2 Å². The number of rotatable bonds is 2. The van der Waals surface area contributed by atoms with E-state index < -0.39 is 0 Å². The van der Waals surface area contributed by atoms with Gasteiger partial charge in [-0.1, -0.05) is 65.8 Å². The first-order chi connectivity index (χ1) is 14.5. The molecule has 0 saturated heterocycles. The van der Waals surface area contributed by atoms with Gasteiger partial charge in [-0.3, -0.25) is 0 Å². The molecule has 0 aliphatic rings. The van der Waals surface area contributed by atoms with Gasteiger partial charge in [0.05, 0.1) is 10.8 Å². The monoisotopic (exact) mass is 411 g/mol. The molecule has 2 N–H and O–H groups in total. The standard InChI is InChI=1S/C29H34N2/c1-8-31-26-18-22(30)14-16-24(26)23-15-13-21(29(5,6)7)17-25(23)27(31)19-9-11-20(12-10-19)28(2,3)4/h9-18,30H,8H2,1-7H3/p+1. The van der Waals surface area contributed by atoms with Crippen LogP contribution in [-0.2, 0) is 17.4 Å². The SMILES string of the molecule is CC[n+]1c(-c2ccc(C(C)(C)C)cc2)c2cc(C(C)(C)C)ccc2c2ccc(N)cc21. The van der Waals surface area contributed by atoms with E-state index in [4.69, 9.17) is 5.73 Å². The van der Waals surface area contributed by atoms with Gasteiger partial charge >= 0.3 is 0 Å². The molecule has 160 valence electrons. The van der Waals surface area contributed by atoms with Crippen LogP contribution in [0, 0.1) is 0 Å². The fourth-order valence-corrected chi connectivity index (χ4v) is 4.48. The zero-order chi connectivity index (χ0) is 22.6. The van der Waals surface area contributed by atoms with Gasteiger partial charge in [0.15, 0.2) is 0 Å². The molecular weight excluding hydrogens is 376 g/mol. The van der Waals surface area contributed by atoms with Crippen LogP contribution < -0.4 is 10.3 Å². The molecule has 0 amide bonds. The summed E-state index contributed by atoms with van der Waals surface area (Å²) in [5, 5.41) is 3.83. The Kier molecular flexibility index (Phi) is 5.08. The van der Waals surface area contributed by atoms with Gasteiger partial charge in [-0.15, -0.1) is 0 Å². The van der Waals surface area contributed by atoms with Crippen molar-refractivity contribution in [1.29, 1.82) is 0 Å². The van der Waals surface area contributed by atoms with Gasteiger partial charge in [-0.25, -0.2) is 0 Å². The van der Waals surface area contributed by atoms with Crippen molar-refractivity contribution in [3.8, 4) is 11.3 Å². The quantitative estimate of drug-likeness (QED) is 0.212. The molecule has 2 heteroatoms. The van der Waals surface area contributed by atoms with Crippen molar-refractivity contribution in [2.75, 3.05) is 5.73 Å². The van der Waals surface area contributed by atoms with Crippen molar-refractivity contribution in [3.05, 3.63) is 71.8 Å². The summed E-state index contributed by atoms with van der Waals surface area (Å²) in [6.45, 7) is 16.7. The van der Waals surface area contributed by atoms with Crippen molar-refractivity contribution in [2.45, 2.75) is 65.8 Å². The van der Waals surface area contributed by atoms with Crippen LogP contribution in [0.2, 0.25) is 0 Å². The minimum absolute atomic E-state index is 0.0919. The summed E-state index contributed by atoms with van der Waals surface area (Å²) in [6, 6.07) is 22.4. The van der Waals surface area contributed by atoms with Crippen LogP contribution in [-0.4, -0.2) is 0 Å². The number of nitrogens with two attached hydrogens (primary N) is 1. The largest absolute Gasteiger partial charge is 0.399 e. The molecule has 31 heavy (non-hydrogen) atoms. The van der Waals surface area contributed by atoms with Crippen LogP contribution >= 0.6 is 0 Å². The predicted molar refractivity (Wildman–Crippen MR) is 135 cm³/mol. The second kappa shape index (κ2) is 7.37. The van der Waals surface area contributed by atoms with Crippen LogP contribution in [0.5, 0.6) is 0 Å². The molecule has 0 aliphatic heterocycles. The van der Waals surface area contributed by atoms with E-state index in [-0.39, 0.29) is 10.8 Å². The highest BCUT2D eigenvalue weighted by Gasteiger charge is 2.25.